The van der Waals surface area contributed by atoms with E-state index < -0.39 is 0 Å². The van der Waals surface area contributed by atoms with Crippen molar-refractivity contribution in [1.29, 1.82) is 0 Å². The first-order chi connectivity index (χ1) is 11.2. The summed E-state index contributed by atoms with van der Waals surface area (Å²) >= 11 is 1.36. The number of hydrogen-bond donors (Lipinski definition) is 1. The van der Waals surface area contributed by atoms with E-state index in [-0.39, 0.29) is 12.5 Å². The molecular weight excluding hydrogens is 314 g/mol. The fraction of sp³-hybridized carbons (Fsp3) is 0.286. The maximum atomic E-state index is 12.1. The lowest BCUT2D eigenvalue weighted by Crippen LogP contribution is -2.20. The smallest absolute Gasteiger partial charge is 0.248 e. The van der Waals surface area contributed by atoms with Crippen molar-refractivity contribution in [1.82, 2.24) is 30.4 Å². The SMILES string of the molecule is CCc1nnc(NC(=O)Cn2nnnc2-c2ccc(C)cc2)s1. The minimum atomic E-state index is -0.246. The Morgan fingerprint density at radius 1 is 1.22 bits per heavy atom. The first-order valence-corrected chi connectivity index (χ1v) is 7.93. The van der Waals surface area contributed by atoms with Gasteiger partial charge in [-0.05, 0) is 23.8 Å². The molecule has 1 N–H and O–H groups in total. The van der Waals surface area contributed by atoms with E-state index in [9.17, 15) is 4.79 Å². The van der Waals surface area contributed by atoms with E-state index in [1.807, 2.05) is 38.1 Å². The Kier molecular flexibility index (Phi) is 4.38. The van der Waals surface area contributed by atoms with Gasteiger partial charge in [-0.2, -0.15) is 0 Å². The monoisotopic (exact) mass is 329 g/mol. The zero-order valence-corrected chi connectivity index (χ0v) is 13.5. The topological polar surface area (TPSA) is 98.5 Å². The van der Waals surface area contributed by atoms with Gasteiger partial charge in [-0.3, -0.25) is 10.1 Å². The third-order valence-corrected chi connectivity index (χ3v) is 4.13. The van der Waals surface area contributed by atoms with Gasteiger partial charge in [-0.15, -0.1) is 15.3 Å². The van der Waals surface area contributed by atoms with Crippen LogP contribution < -0.4 is 5.32 Å². The van der Waals surface area contributed by atoms with Crippen molar-refractivity contribution < 1.29 is 4.79 Å². The number of carbonyl (C=O) groups excluding carboxylic acids is 1. The summed E-state index contributed by atoms with van der Waals surface area (Å²) in [5.41, 5.74) is 2.01. The molecule has 0 atom stereocenters. The number of tetrazole rings is 1. The minimum Gasteiger partial charge on any atom is -0.299 e. The highest BCUT2D eigenvalue weighted by molar-refractivity contribution is 7.15. The molecule has 2 heterocycles. The Bertz CT molecular complexity index is 809. The Labute approximate surface area is 136 Å². The van der Waals surface area contributed by atoms with Crippen LogP contribution in [0.5, 0.6) is 0 Å². The number of amides is 1. The summed E-state index contributed by atoms with van der Waals surface area (Å²) in [6, 6.07) is 7.80. The molecule has 0 saturated heterocycles. The van der Waals surface area contributed by atoms with Crippen LogP contribution in [0.15, 0.2) is 24.3 Å². The molecule has 0 unspecified atom stereocenters. The normalized spacial score (nSPS) is 10.7. The van der Waals surface area contributed by atoms with Crippen molar-refractivity contribution in [2.24, 2.45) is 0 Å². The summed E-state index contributed by atoms with van der Waals surface area (Å²) < 4.78 is 1.46. The van der Waals surface area contributed by atoms with Crippen molar-refractivity contribution in [2.45, 2.75) is 26.8 Å². The number of nitrogens with zero attached hydrogens (tertiary/aromatic N) is 6. The number of carbonyl (C=O) groups is 1. The van der Waals surface area contributed by atoms with E-state index in [4.69, 9.17) is 0 Å². The zero-order chi connectivity index (χ0) is 16.2. The number of anilines is 1. The molecule has 0 fully saturated rings. The number of nitrogens with one attached hydrogen (secondary N) is 1. The summed E-state index contributed by atoms with van der Waals surface area (Å²) in [5, 5.41) is 23.5. The molecule has 23 heavy (non-hydrogen) atoms. The van der Waals surface area contributed by atoms with Gasteiger partial charge in [0.15, 0.2) is 5.82 Å². The van der Waals surface area contributed by atoms with Crippen LogP contribution in [0.3, 0.4) is 0 Å². The van der Waals surface area contributed by atoms with Crippen LogP contribution in [-0.2, 0) is 17.8 Å². The van der Waals surface area contributed by atoms with Gasteiger partial charge in [-0.1, -0.05) is 48.1 Å². The summed E-state index contributed by atoms with van der Waals surface area (Å²) in [5.74, 6) is 0.302. The standard InChI is InChI=1S/C14H15N7OS/c1-3-12-16-18-14(23-12)15-11(22)8-21-13(17-19-20-21)10-6-4-9(2)5-7-10/h4-7H,3,8H2,1-2H3,(H,15,18,22). The lowest BCUT2D eigenvalue weighted by Gasteiger charge is -2.04. The number of rotatable bonds is 5. The second-order valence-electron chi connectivity index (χ2n) is 4.93. The molecule has 0 saturated carbocycles. The average Bonchev–Trinajstić information content (AvgIpc) is 3.17. The number of aryl methyl sites for hydroxylation is 2. The fourth-order valence-corrected chi connectivity index (χ4v) is 2.66. The van der Waals surface area contributed by atoms with Crippen LogP contribution in [0.25, 0.3) is 11.4 Å². The first-order valence-electron chi connectivity index (χ1n) is 7.11. The van der Waals surface area contributed by atoms with Gasteiger partial charge in [0, 0.05) is 5.56 Å². The molecule has 118 valence electrons. The van der Waals surface area contributed by atoms with Crippen LogP contribution in [0, 0.1) is 6.92 Å². The molecule has 1 amide bonds. The van der Waals surface area contributed by atoms with Crippen molar-refractivity contribution in [3.63, 3.8) is 0 Å². The molecule has 3 rings (SSSR count). The number of aromatic nitrogens is 6. The molecule has 8 nitrogen and oxygen atoms in total. The maximum absolute atomic E-state index is 12.1. The molecule has 0 aliphatic rings. The van der Waals surface area contributed by atoms with E-state index in [0.717, 1.165) is 22.6 Å². The van der Waals surface area contributed by atoms with Gasteiger partial charge in [0.2, 0.25) is 11.0 Å². The molecule has 0 aliphatic heterocycles. The highest BCUT2D eigenvalue weighted by Crippen LogP contribution is 2.17. The lowest BCUT2D eigenvalue weighted by molar-refractivity contribution is -0.116. The van der Waals surface area contributed by atoms with Gasteiger partial charge < -0.3 is 0 Å². The van der Waals surface area contributed by atoms with E-state index in [2.05, 4.69) is 31.0 Å². The zero-order valence-electron chi connectivity index (χ0n) is 12.7. The van der Waals surface area contributed by atoms with E-state index >= 15 is 0 Å². The highest BCUT2D eigenvalue weighted by atomic mass is 32.1. The van der Waals surface area contributed by atoms with Crippen molar-refractivity contribution in [2.75, 3.05) is 5.32 Å². The van der Waals surface area contributed by atoms with Gasteiger partial charge >= 0.3 is 0 Å². The van der Waals surface area contributed by atoms with Crippen LogP contribution in [0.1, 0.15) is 17.5 Å². The minimum absolute atomic E-state index is 0.0112. The van der Waals surface area contributed by atoms with Gasteiger partial charge in [0.25, 0.3) is 0 Å². The Morgan fingerprint density at radius 3 is 2.70 bits per heavy atom. The maximum Gasteiger partial charge on any atom is 0.248 e. The average molecular weight is 329 g/mol. The second-order valence-corrected chi connectivity index (χ2v) is 5.99. The Morgan fingerprint density at radius 2 is 2.00 bits per heavy atom. The predicted molar refractivity (Wildman–Crippen MR) is 85.9 cm³/mol. The predicted octanol–water partition coefficient (Wildman–Crippen LogP) is 1.70. The van der Waals surface area contributed by atoms with Gasteiger partial charge in [0.1, 0.15) is 11.6 Å². The summed E-state index contributed by atoms with van der Waals surface area (Å²) in [6.07, 6.45) is 0.790. The van der Waals surface area contributed by atoms with E-state index in [1.165, 1.54) is 16.0 Å². The Balaban J connectivity index is 1.72. The largest absolute Gasteiger partial charge is 0.299 e. The quantitative estimate of drug-likeness (QED) is 0.765. The molecule has 0 spiro atoms. The molecule has 9 heteroatoms. The molecule has 1 aromatic carbocycles. The van der Waals surface area contributed by atoms with Crippen molar-refractivity contribution in [3.05, 3.63) is 34.8 Å². The molecule has 0 radical (unpaired) electrons. The second kappa shape index (κ2) is 6.61. The molecule has 3 aromatic rings. The van der Waals surface area contributed by atoms with E-state index in [1.54, 1.807) is 0 Å². The third kappa shape index (κ3) is 3.57. The van der Waals surface area contributed by atoms with Crippen LogP contribution in [0.2, 0.25) is 0 Å². The van der Waals surface area contributed by atoms with Crippen molar-refractivity contribution in [3.8, 4) is 11.4 Å². The lowest BCUT2D eigenvalue weighted by atomic mass is 10.1. The van der Waals surface area contributed by atoms with Gasteiger partial charge in [0.05, 0.1) is 0 Å². The van der Waals surface area contributed by atoms with Crippen LogP contribution in [-0.4, -0.2) is 36.3 Å². The van der Waals surface area contributed by atoms with Crippen LogP contribution >= 0.6 is 11.3 Å². The van der Waals surface area contributed by atoms with Gasteiger partial charge in [-0.25, -0.2) is 4.68 Å². The summed E-state index contributed by atoms with van der Waals surface area (Å²) in [4.78, 5) is 12.1. The summed E-state index contributed by atoms with van der Waals surface area (Å²) in [7, 11) is 0. The Hall–Kier alpha value is -2.68. The first kappa shape index (κ1) is 15.2. The fourth-order valence-electron chi connectivity index (χ4n) is 1.96. The number of benzene rings is 1. The third-order valence-electron chi connectivity index (χ3n) is 3.15. The molecule has 0 bridgehead atoms. The molecular formula is C14H15N7OS. The molecule has 0 aliphatic carbocycles. The molecule has 2 aromatic heterocycles. The highest BCUT2D eigenvalue weighted by Gasteiger charge is 2.14. The number of hydrogen-bond acceptors (Lipinski definition) is 7. The van der Waals surface area contributed by atoms with Crippen molar-refractivity contribution >= 4 is 22.4 Å². The van der Waals surface area contributed by atoms with Crippen LogP contribution in [0.4, 0.5) is 5.13 Å². The summed E-state index contributed by atoms with van der Waals surface area (Å²) in [6.45, 7) is 4.01. The van der Waals surface area contributed by atoms with E-state index in [0.29, 0.717) is 11.0 Å².